The average Bonchev–Trinajstić information content (AvgIpc) is 2.74. The van der Waals surface area contributed by atoms with Gasteiger partial charge in [-0.25, -0.2) is 4.79 Å². The van der Waals surface area contributed by atoms with Gasteiger partial charge in [-0.2, -0.15) is 0 Å². The molecule has 0 aliphatic carbocycles. The average molecular weight is 282 g/mol. The van der Waals surface area contributed by atoms with Crippen LogP contribution in [0.15, 0.2) is 12.1 Å². The summed E-state index contributed by atoms with van der Waals surface area (Å²) < 4.78 is 15.9. The Hall–Kier alpha value is -1.79. The Morgan fingerprint density at radius 2 is 2.05 bits per heavy atom. The van der Waals surface area contributed by atoms with E-state index in [4.69, 9.17) is 14.2 Å². The van der Waals surface area contributed by atoms with Crippen LogP contribution >= 0.6 is 0 Å². The second-order valence-electron chi connectivity index (χ2n) is 5.07. The molecule has 1 heterocycles. The van der Waals surface area contributed by atoms with Gasteiger partial charge in [0.05, 0.1) is 33.9 Å². The van der Waals surface area contributed by atoms with Gasteiger partial charge in [-0.15, -0.1) is 0 Å². The molecular formula is C14H22N2O4+2. The van der Waals surface area contributed by atoms with E-state index in [9.17, 15) is 4.79 Å². The van der Waals surface area contributed by atoms with E-state index in [1.807, 2.05) is 11.4 Å². The van der Waals surface area contributed by atoms with Gasteiger partial charge in [-0.1, -0.05) is 0 Å². The number of nitrogens with two attached hydrogens (primary N) is 1. The number of methoxy groups -OCH3 is 2. The van der Waals surface area contributed by atoms with Crippen LogP contribution in [-0.2, 0) is 4.74 Å². The number of cyclic esters (lactones) is 1. The lowest BCUT2D eigenvalue weighted by Crippen LogP contribution is -3.09. The maximum absolute atomic E-state index is 12.0. The van der Waals surface area contributed by atoms with Crippen LogP contribution in [0, 0.1) is 0 Å². The van der Waals surface area contributed by atoms with Crippen molar-refractivity contribution in [3.05, 3.63) is 23.3 Å². The number of benzene rings is 1. The largest absolute Gasteiger partial charge is 0.493 e. The van der Waals surface area contributed by atoms with Gasteiger partial charge in [-0.3, -0.25) is 0 Å². The van der Waals surface area contributed by atoms with Crippen molar-refractivity contribution >= 4 is 5.97 Å². The lowest BCUT2D eigenvalue weighted by Gasteiger charge is -2.12. The van der Waals surface area contributed by atoms with Gasteiger partial charge >= 0.3 is 5.97 Å². The Morgan fingerprint density at radius 1 is 1.30 bits per heavy atom. The SMILES string of the molecule is COc1ccc2c(c1OC)C(=O)O[C@H]2[NH2+]CC[NH+](C)C. The Kier molecular flexibility index (Phi) is 4.46. The summed E-state index contributed by atoms with van der Waals surface area (Å²) in [5.41, 5.74) is 1.33. The number of quaternary nitrogens is 2. The molecule has 110 valence electrons. The fourth-order valence-electron chi connectivity index (χ4n) is 2.33. The van der Waals surface area contributed by atoms with Crippen LogP contribution in [-0.4, -0.2) is 47.4 Å². The molecule has 0 unspecified atom stereocenters. The standard InChI is InChI=1S/C14H20N2O4/c1-16(2)8-7-15-13-9-5-6-10(18-3)12(19-4)11(9)14(17)20-13/h5-6,13,15H,7-8H2,1-4H3/p+2/t13-/m1/s1. The molecule has 0 spiro atoms. The quantitative estimate of drug-likeness (QED) is 0.629. The smallest absolute Gasteiger partial charge is 0.347 e. The first-order valence-corrected chi connectivity index (χ1v) is 6.66. The highest BCUT2D eigenvalue weighted by Gasteiger charge is 2.38. The van der Waals surface area contributed by atoms with Gasteiger partial charge in [-0.05, 0) is 12.1 Å². The van der Waals surface area contributed by atoms with Gasteiger partial charge in [0, 0.05) is 0 Å². The van der Waals surface area contributed by atoms with E-state index < -0.39 is 0 Å². The molecule has 0 fully saturated rings. The van der Waals surface area contributed by atoms with Crippen LogP contribution in [0.25, 0.3) is 0 Å². The summed E-state index contributed by atoms with van der Waals surface area (Å²) >= 11 is 0. The molecule has 0 bridgehead atoms. The van der Waals surface area contributed by atoms with Gasteiger partial charge in [0.1, 0.15) is 18.7 Å². The third kappa shape index (κ3) is 2.71. The molecule has 1 atom stereocenters. The minimum Gasteiger partial charge on any atom is -0.493 e. The molecule has 1 aromatic carbocycles. The summed E-state index contributed by atoms with van der Waals surface area (Å²) in [6.45, 7) is 1.88. The highest BCUT2D eigenvalue weighted by Crippen LogP contribution is 2.39. The number of fused-ring (bicyclic) bond motifs is 1. The molecule has 0 amide bonds. The fraction of sp³-hybridized carbons (Fsp3) is 0.500. The second kappa shape index (κ2) is 6.11. The van der Waals surface area contributed by atoms with Crippen LogP contribution in [0.1, 0.15) is 22.1 Å². The highest BCUT2D eigenvalue weighted by atomic mass is 16.6. The number of carbonyl (C=O) groups excluding carboxylic acids is 1. The van der Waals surface area contributed by atoms with Crippen molar-refractivity contribution in [1.82, 2.24) is 0 Å². The zero-order valence-electron chi connectivity index (χ0n) is 12.4. The summed E-state index contributed by atoms with van der Waals surface area (Å²) in [5, 5.41) is 2.03. The van der Waals surface area contributed by atoms with Crippen molar-refractivity contribution < 1.29 is 29.2 Å². The summed E-state index contributed by atoms with van der Waals surface area (Å²) in [6.07, 6.45) is -0.295. The zero-order valence-corrected chi connectivity index (χ0v) is 12.4. The predicted octanol–water partition coefficient (Wildman–Crippen LogP) is -1.42. The number of hydrogen-bond acceptors (Lipinski definition) is 4. The first kappa shape index (κ1) is 14.6. The van der Waals surface area contributed by atoms with E-state index in [1.54, 1.807) is 13.2 Å². The summed E-state index contributed by atoms with van der Waals surface area (Å²) in [6, 6.07) is 3.67. The third-order valence-corrected chi connectivity index (χ3v) is 3.35. The lowest BCUT2D eigenvalue weighted by atomic mass is 10.1. The summed E-state index contributed by atoms with van der Waals surface area (Å²) in [7, 11) is 7.26. The van der Waals surface area contributed by atoms with E-state index in [2.05, 4.69) is 14.1 Å². The Labute approximate surface area is 118 Å². The Bertz CT molecular complexity index is 502. The number of esters is 1. The molecule has 6 heteroatoms. The van der Waals surface area contributed by atoms with Crippen molar-refractivity contribution in [2.75, 3.05) is 41.4 Å². The van der Waals surface area contributed by atoms with Crippen molar-refractivity contribution in [1.29, 1.82) is 0 Å². The van der Waals surface area contributed by atoms with Crippen molar-refractivity contribution in [2.24, 2.45) is 0 Å². The van der Waals surface area contributed by atoms with E-state index >= 15 is 0 Å². The molecule has 3 N–H and O–H groups in total. The van der Waals surface area contributed by atoms with E-state index in [1.165, 1.54) is 12.0 Å². The molecule has 0 saturated heterocycles. The van der Waals surface area contributed by atoms with Gasteiger partial charge in [0.2, 0.25) is 0 Å². The van der Waals surface area contributed by atoms with E-state index in [0.29, 0.717) is 17.1 Å². The summed E-state index contributed by atoms with van der Waals surface area (Å²) in [4.78, 5) is 13.4. The number of rotatable bonds is 6. The van der Waals surface area contributed by atoms with Crippen molar-refractivity contribution in [3.63, 3.8) is 0 Å². The minimum absolute atomic E-state index is 0.295. The third-order valence-electron chi connectivity index (χ3n) is 3.35. The number of nitrogens with one attached hydrogen (secondary N) is 1. The molecule has 0 aromatic heterocycles. The molecule has 6 nitrogen and oxygen atoms in total. The molecule has 1 aromatic rings. The number of ether oxygens (including phenoxy) is 3. The molecular weight excluding hydrogens is 260 g/mol. The minimum atomic E-state index is -0.353. The number of hydrogen-bond donors (Lipinski definition) is 2. The van der Waals surface area contributed by atoms with Crippen LogP contribution in [0.5, 0.6) is 11.5 Å². The number of carbonyl (C=O) groups is 1. The topological polar surface area (TPSA) is 65.8 Å². The van der Waals surface area contributed by atoms with E-state index in [0.717, 1.165) is 18.7 Å². The van der Waals surface area contributed by atoms with Gasteiger partial charge in [0.15, 0.2) is 11.5 Å². The zero-order chi connectivity index (χ0) is 14.7. The van der Waals surface area contributed by atoms with Crippen LogP contribution < -0.4 is 19.7 Å². The highest BCUT2D eigenvalue weighted by molar-refractivity contribution is 5.97. The predicted molar refractivity (Wildman–Crippen MR) is 72.2 cm³/mol. The van der Waals surface area contributed by atoms with Crippen LogP contribution in [0.2, 0.25) is 0 Å². The molecule has 0 radical (unpaired) electrons. The first-order valence-electron chi connectivity index (χ1n) is 6.66. The molecule has 2 rings (SSSR count). The van der Waals surface area contributed by atoms with E-state index in [-0.39, 0.29) is 12.2 Å². The van der Waals surface area contributed by atoms with Gasteiger partial charge in [0.25, 0.3) is 6.23 Å². The maximum atomic E-state index is 12.0. The monoisotopic (exact) mass is 282 g/mol. The lowest BCUT2D eigenvalue weighted by molar-refractivity contribution is -0.880. The summed E-state index contributed by atoms with van der Waals surface area (Å²) in [5.74, 6) is 0.639. The molecule has 20 heavy (non-hydrogen) atoms. The maximum Gasteiger partial charge on any atom is 0.347 e. The first-order chi connectivity index (χ1) is 9.58. The second-order valence-corrected chi connectivity index (χ2v) is 5.07. The normalized spacial score (nSPS) is 17.1. The van der Waals surface area contributed by atoms with Crippen molar-refractivity contribution in [2.45, 2.75) is 6.23 Å². The number of likely N-dealkylation sites (N-methyl/N-ethyl adjacent to an activating group) is 1. The Morgan fingerprint density at radius 3 is 2.65 bits per heavy atom. The van der Waals surface area contributed by atoms with Crippen LogP contribution in [0.3, 0.4) is 0 Å². The van der Waals surface area contributed by atoms with Crippen LogP contribution in [0.4, 0.5) is 0 Å². The molecule has 1 aliphatic heterocycles. The fourth-order valence-corrected chi connectivity index (χ4v) is 2.33. The molecule has 1 aliphatic rings. The van der Waals surface area contributed by atoms with Gasteiger partial charge < -0.3 is 24.4 Å². The molecule has 0 saturated carbocycles. The Balaban J connectivity index is 2.23. The van der Waals surface area contributed by atoms with Crippen molar-refractivity contribution in [3.8, 4) is 11.5 Å².